The van der Waals surface area contributed by atoms with Crippen LogP contribution in [0.15, 0.2) is 53.1 Å². The van der Waals surface area contributed by atoms with E-state index in [1.807, 2.05) is 37.3 Å². The van der Waals surface area contributed by atoms with Crippen LogP contribution in [0.2, 0.25) is 0 Å². The van der Waals surface area contributed by atoms with Gasteiger partial charge in [0.1, 0.15) is 6.10 Å². The summed E-state index contributed by atoms with van der Waals surface area (Å²) in [7, 11) is 0. The molecule has 1 aromatic rings. The van der Waals surface area contributed by atoms with Gasteiger partial charge in [0, 0.05) is 6.20 Å². The minimum absolute atomic E-state index is 0.122. The van der Waals surface area contributed by atoms with Gasteiger partial charge < -0.3 is 9.72 Å². The molecule has 0 aromatic carbocycles. The largest absolute Gasteiger partial charge is 0.479 e. The van der Waals surface area contributed by atoms with Crippen LogP contribution in [0.25, 0.3) is 0 Å². The first-order valence-corrected chi connectivity index (χ1v) is 4.99. The Morgan fingerprint density at radius 3 is 3.00 bits per heavy atom. The van der Waals surface area contributed by atoms with Crippen molar-refractivity contribution in [2.24, 2.45) is 0 Å². The molecule has 0 spiro atoms. The van der Waals surface area contributed by atoms with Crippen LogP contribution in [0.5, 0.6) is 5.75 Å². The first-order valence-electron chi connectivity index (χ1n) is 4.99. The minimum Gasteiger partial charge on any atom is -0.479 e. The maximum absolute atomic E-state index is 10.8. The second-order valence-corrected chi connectivity index (χ2v) is 3.47. The number of hydrogen-bond donors (Lipinski definition) is 1. The molecule has 1 heterocycles. The Bertz CT molecular complexity index is 492. The summed E-state index contributed by atoms with van der Waals surface area (Å²) in [5, 5.41) is 0. The van der Waals surface area contributed by atoms with Gasteiger partial charge in [0.15, 0.2) is 5.75 Å². The van der Waals surface area contributed by atoms with Crippen LogP contribution in [0.4, 0.5) is 0 Å². The van der Waals surface area contributed by atoms with E-state index < -0.39 is 0 Å². The molecule has 4 heteroatoms. The quantitative estimate of drug-likeness (QED) is 0.816. The molecule has 0 amide bonds. The van der Waals surface area contributed by atoms with Crippen molar-refractivity contribution in [1.29, 1.82) is 0 Å². The van der Waals surface area contributed by atoms with Gasteiger partial charge in [-0.2, -0.15) is 4.98 Å². The van der Waals surface area contributed by atoms with E-state index in [2.05, 4.69) is 9.97 Å². The van der Waals surface area contributed by atoms with Crippen LogP contribution in [-0.2, 0) is 0 Å². The van der Waals surface area contributed by atoms with Crippen LogP contribution in [0, 0.1) is 0 Å². The van der Waals surface area contributed by atoms with E-state index in [9.17, 15) is 4.79 Å². The Balaban J connectivity index is 2.15. The maximum atomic E-state index is 10.8. The number of allylic oxidation sites excluding steroid dienone is 4. The molecule has 0 saturated heterocycles. The first-order chi connectivity index (χ1) is 7.75. The van der Waals surface area contributed by atoms with Gasteiger partial charge in [-0.15, -0.1) is 0 Å². The molecular weight excluding hydrogens is 204 g/mol. The van der Waals surface area contributed by atoms with Gasteiger partial charge >= 0.3 is 5.69 Å². The Labute approximate surface area is 93.0 Å². The second-order valence-electron chi connectivity index (χ2n) is 3.47. The zero-order chi connectivity index (χ0) is 11.4. The van der Waals surface area contributed by atoms with Crippen LogP contribution in [0.3, 0.4) is 0 Å². The number of aromatic amines is 1. The zero-order valence-electron chi connectivity index (χ0n) is 8.88. The van der Waals surface area contributed by atoms with Crippen molar-refractivity contribution in [3.05, 3.63) is 58.8 Å². The molecule has 16 heavy (non-hydrogen) atoms. The highest BCUT2D eigenvalue weighted by Gasteiger charge is 2.09. The van der Waals surface area contributed by atoms with Gasteiger partial charge in [-0.05, 0) is 18.6 Å². The van der Waals surface area contributed by atoms with Crippen molar-refractivity contribution in [3.63, 3.8) is 0 Å². The van der Waals surface area contributed by atoms with E-state index in [1.54, 1.807) is 0 Å². The standard InChI is InChI=1S/C12H12N2O2/c1-9-5-3-2-4-6-11(9)16-10-7-13-12(15)14-8-10/h2-8,11H,1H3,(H,13,14,15). The number of nitrogens with one attached hydrogen (secondary N) is 1. The van der Waals surface area contributed by atoms with Crippen LogP contribution in [-0.4, -0.2) is 16.1 Å². The summed E-state index contributed by atoms with van der Waals surface area (Å²) in [5.74, 6) is 0.545. The van der Waals surface area contributed by atoms with Gasteiger partial charge in [0.2, 0.25) is 0 Å². The zero-order valence-corrected chi connectivity index (χ0v) is 8.88. The number of H-pyrrole nitrogens is 1. The molecule has 1 unspecified atom stereocenters. The predicted octanol–water partition coefficient (Wildman–Crippen LogP) is 1.59. The Hall–Kier alpha value is -2.10. The van der Waals surface area contributed by atoms with E-state index >= 15 is 0 Å². The van der Waals surface area contributed by atoms with Crippen LogP contribution >= 0.6 is 0 Å². The van der Waals surface area contributed by atoms with Crippen LogP contribution in [0.1, 0.15) is 6.92 Å². The maximum Gasteiger partial charge on any atom is 0.345 e. The summed E-state index contributed by atoms with van der Waals surface area (Å²) in [6.07, 6.45) is 12.6. The van der Waals surface area contributed by atoms with Gasteiger partial charge in [0.05, 0.1) is 6.20 Å². The third-order valence-electron chi connectivity index (χ3n) is 2.23. The Morgan fingerprint density at radius 1 is 1.38 bits per heavy atom. The molecule has 82 valence electrons. The number of rotatable bonds is 2. The van der Waals surface area contributed by atoms with E-state index in [0.717, 1.165) is 5.57 Å². The summed E-state index contributed by atoms with van der Waals surface area (Å²) in [4.78, 5) is 16.8. The lowest BCUT2D eigenvalue weighted by Crippen LogP contribution is -2.16. The second kappa shape index (κ2) is 4.61. The third-order valence-corrected chi connectivity index (χ3v) is 2.23. The fourth-order valence-corrected chi connectivity index (χ4v) is 1.36. The lowest BCUT2D eigenvalue weighted by Gasteiger charge is -2.14. The molecule has 0 radical (unpaired) electrons. The molecule has 1 N–H and O–H groups in total. The monoisotopic (exact) mass is 216 g/mol. The molecule has 0 aliphatic heterocycles. The fourth-order valence-electron chi connectivity index (χ4n) is 1.36. The van der Waals surface area contributed by atoms with E-state index in [4.69, 9.17) is 4.74 Å². The SMILES string of the molecule is CC1=CC=CC=CC1Oc1cnc(=O)[nH]c1. The van der Waals surface area contributed by atoms with Crippen molar-refractivity contribution in [2.45, 2.75) is 13.0 Å². The van der Waals surface area contributed by atoms with Gasteiger partial charge in [0.25, 0.3) is 0 Å². The van der Waals surface area contributed by atoms with E-state index in [1.165, 1.54) is 12.4 Å². The van der Waals surface area contributed by atoms with Crippen LogP contribution < -0.4 is 10.4 Å². The Kier molecular flexibility index (Phi) is 3.00. The van der Waals surface area contributed by atoms with Crippen molar-refractivity contribution < 1.29 is 4.74 Å². The lowest BCUT2D eigenvalue weighted by molar-refractivity contribution is 0.282. The molecule has 0 bridgehead atoms. The van der Waals surface area contributed by atoms with E-state index in [0.29, 0.717) is 5.75 Å². The molecular formula is C12H12N2O2. The van der Waals surface area contributed by atoms with Crippen molar-refractivity contribution in [2.75, 3.05) is 0 Å². The summed E-state index contributed by atoms with van der Waals surface area (Å²) >= 11 is 0. The summed E-state index contributed by atoms with van der Waals surface area (Å²) in [5.41, 5.74) is 0.717. The summed E-state index contributed by atoms with van der Waals surface area (Å²) < 4.78 is 5.67. The normalized spacial score (nSPS) is 19.1. The first kappa shape index (κ1) is 10.4. The highest BCUT2D eigenvalue weighted by atomic mass is 16.5. The molecule has 1 aliphatic rings. The fraction of sp³-hybridized carbons (Fsp3) is 0.167. The number of hydrogen-bond acceptors (Lipinski definition) is 3. The van der Waals surface area contributed by atoms with Gasteiger partial charge in [-0.25, -0.2) is 4.79 Å². The molecule has 2 rings (SSSR count). The summed E-state index contributed by atoms with van der Waals surface area (Å²) in [6.45, 7) is 1.99. The highest BCUT2D eigenvalue weighted by Crippen LogP contribution is 2.15. The summed E-state index contributed by atoms with van der Waals surface area (Å²) in [6, 6.07) is 0. The van der Waals surface area contributed by atoms with Crippen molar-refractivity contribution in [3.8, 4) is 5.75 Å². The smallest absolute Gasteiger partial charge is 0.345 e. The molecule has 1 atom stereocenters. The van der Waals surface area contributed by atoms with Gasteiger partial charge in [-0.3, -0.25) is 0 Å². The molecule has 1 aromatic heterocycles. The third kappa shape index (κ3) is 2.48. The van der Waals surface area contributed by atoms with Crippen molar-refractivity contribution >= 4 is 0 Å². The average Bonchev–Trinajstić information content (AvgIpc) is 2.48. The molecule has 0 saturated carbocycles. The number of aromatic nitrogens is 2. The minimum atomic E-state index is -0.377. The topological polar surface area (TPSA) is 55.0 Å². The van der Waals surface area contributed by atoms with Gasteiger partial charge in [-0.1, -0.05) is 24.3 Å². The Morgan fingerprint density at radius 2 is 2.25 bits per heavy atom. The molecule has 1 aliphatic carbocycles. The lowest BCUT2D eigenvalue weighted by atomic mass is 10.1. The van der Waals surface area contributed by atoms with Crippen molar-refractivity contribution in [1.82, 2.24) is 9.97 Å². The number of nitrogens with zero attached hydrogens (tertiary/aromatic N) is 1. The molecule has 4 nitrogen and oxygen atoms in total. The molecule has 0 fully saturated rings. The van der Waals surface area contributed by atoms with E-state index in [-0.39, 0.29) is 11.8 Å². The predicted molar refractivity (Wildman–Crippen MR) is 61.3 cm³/mol. The number of ether oxygens (including phenoxy) is 1. The average molecular weight is 216 g/mol. The highest BCUT2D eigenvalue weighted by molar-refractivity contribution is 5.28.